The van der Waals surface area contributed by atoms with Gasteiger partial charge in [-0.2, -0.15) is 0 Å². The largest absolute Gasteiger partial charge is 0.313 e. The maximum absolute atomic E-state index is 11.0. The fourth-order valence-electron chi connectivity index (χ4n) is 1.18. The normalized spacial score (nSPS) is 10.3. The second-order valence-corrected chi connectivity index (χ2v) is 4.63. The Balaban J connectivity index is 2.02. The van der Waals surface area contributed by atoms with Gasteiger partial charge in [-0.1, -0.05) is 11.6 Å². The molecule has 16 heavy (non-hydrogen) atoms. The number of aromatic amines is 1. The van der Waals surface area contributed by atoms with Gasteiger partial charge in [0.1, 0.15) is 0 Å². The Morgan fingerprint density at radius 2 is 2.06 bits per heavy atom. The van der Waals surface area contributed by atoms with E-state index in [0.29, 0.717) is 5.75 Å². The lowest BCUT2D eigenvalue weighted by molar-refractivity contribution is 1.05. The number of halogens is 1. The number of H-pyrrole nitrogens is 1. The third-order valence-electron chi connectivity index (χ3n) is 1.94. The second-order valence-electron chi connectivity index (χ2n) is 3.15. The van der Waals surface area contributed by atoms with Crippen molar-refractivity contribution in [1.29, 1.82) is 0 Å². The summed E-state index contributed by atoms with van der Waals surface area (Å²) in [6.07, 6.45) is 1.42. The predicted molar refractivity (Wildman–Crippen MR) is 65.9 cm³/mol. The van der Waals surface area contributed by atoms with Crippen LogP contribution in [-0.2, 0) is 5.75 Å². The molecule has 0 bridgehead atoms. The molecule has 0 aliphatic carbocycles. The van der Waals surface area contributed by atoms with Gasteiger partial charge in [-0.25, -0.2) is 4.98 Å². The average molecular weight is 253 g/mol. The van der Waals surface area contributed by atoms with Crippen LogP contribution in [0.2, 0.25) is 5.02 Å². The number of nitrogens with zero attached hydrogens (tertiary/aromatic N) is 1. The minimum atomic E-state index is -0.123. The summed E-state index contributed by atoms with van der Waals surface area (Å²) < 4.78 is 0. The van der Waals surface area contributed by atoms with E-state index < -0.39 is 0 Å². The molecule has 1 heterocycles. The zero-order chi connectivity index (χ0) is 11.4. The molecule has 82 valence electrons. The van der Waals surface area contributed by atoms with E-state index in [0.717, 1.165) is 15.6 Å². The van der Waals surface area contributed by atoms with E-state index >= 15 is 0 Å². The molecular weight excluding hydrogens is 244 g/mol. The van der Waals surface area contributed by atoms with Gasteiger partial charge in [-0.05, 0) is 24.3 Å². The highest BCUT2D eigenvalue weighted by molar-refractivity contribution is 7.98. The summed E-state index contributed by atoms with van der Waals surface area (Å²) in [5.74, 6) is 0.672. The molecule has 1 aromatic heterocycles. The topological polar surface area (TPSA) is 45.8 Å². The molecule has 5 heteroatoms. The number of hydrogen-bond acceptors (Lipinski definition) is 3. The highest BCUT2D eigenvalue weighted by Crippen LogP contribution is 2.22. The van der Waals surface area contributed by atoms with Crippen LogP contribution < -0.4 is 5.56 Å². The molecule has 0 radical (unpaired) electrons. The quantitative estimate of drug-likeness (QED) is 0.855. The van der Waals surface area contributed by atoms with Crippen LogP contribution in [0.4, 0.5) is 0 Å². The molecule has 0 spiro atoms. The van der Waals surface area contributed by atoms with Crippen molar-refractivity contribution in [2.75, 3.05) is 0 Å². The predicted octanol–water partition coefficient (Wildman–Crippen LogP) is 2.72. The van der Waals surface area contributed by atoms with Gasteiger partial charge in [0.15, 0.2) is 0 Å². The molecule has 0 aliphatic rings. The average Bonchev–Trinajstić information content (AvgIpc) is 2.28. The fourth-order valence-corrected chi connectivity index (χ4v) is 2.10. The zero-order valence-corrected chi connectivity index (χ0v) is 9.89. The van der Waals surface area contributed by atoms with Gasteiger partial charge in [0.25, 0.3) is 5.56 Å². The Kier molecular flexibility index (Phi) is 3.64. The molecule has 0 unspecified atom stereocenters. The highest BCUT2D eigenvalue weighted by atomic mass is 35.5. The first-order valence-electron chi connectivity index (χ1n) is 4.66. The van der Waals surface area contributed by atoms with Crippen LogP contribution >= 0.6 is 23.4 Å². The number of aromatic nitrogens is 2. The molecule has 1 aromatic carbocycles. The fraction of sp³-hybridized carbons (Fsp3) is 0.0909. The lowest BCUT2D eigenvalue weighted by atomic mass is 10.4. The van der Waals surface area contributed by atoms with Gasteiger partial charge in [0.05, 0.1) is 12.0 Å². The van der Waals surface area contributed by atoms with Crippen molar-refractivity contribution in [2.24, 2.45) is 0 Å². The molecule has 2 rings (SSSR count). The molecule has 0 saturated carbocycles. The first-order chi connectivity index (χ1) is 7.74. The zero-order valence-electron chi connectivity index (χ0n) is 8.31. The van der Waals surface area contributed by atoms with Gasteiger partial charge in [0, 0.05) is 21.7 Å². The van der Waals surface area contributed by atoms with Crippen molar-refractivity contribution in [1.82, 2.24) is 9.97 Å². The first kappa shape index (κ1) is 11.2. The summed E-state index contributed by atoms with van der Waals surface area (Å²) in [5.41, 5.74) is 0.644. The van der Waals surface area contributed by atoms with Crippen LogP contribution in [0.3, 0.4) is 0 Å². The summed E-state index contributed by atoms with van der Waals surface area (Å²) in [6.45, 7) is 0. The van der Waals surface area contributed by atoms with E-state index in [-0.39, 0.29) is 5.56 Å². The second kappa shape index (κ2) is 5.18. The number of rotatable bonds is 3. The highest BCUT2D eigenvalue weighted by Gasteiger charge is 1.98. The Hall–Kier alpha value is -1.26. The molecular formula is C11H9ClN2OS. The summed E-state index contributed by atoms with van der Waals surface area (Å²) >= 11 is 7.40. The number of nitrogens with one attached hydrogen (secondary N) is 1. The Bertz CT molecular complexity index is 524. The molecule has 0 saturated heterocycles. The summed E-state index contributed by atoms with van der Waals surface area (Å²) in [6, 6.07) is 9.08. The maximum Gasteiger partial charge on any atom is 0.250 e. The van der Waals surface area contributed by atoms with Crippen molar-refractivity contribution in [2.45, 2.75) is 10.6 Å². The lowest BCUT2D eigenvalue weighted by Crippen LogP contribution is -2.05. The Morgan fingerprint density at radius 3 is 2.75 bits per heavy atom. The number of thioether (sulfide) groups is 1. The van der Waals surface area contributed by atoms with Gasteiger partial charge >= 0.3 is 0 Å². The maximum atomic E-state index is 11.0. The summed E-state index contributed by atoms with van der Waals surface area (Å²) in [5, 5.41) is 0.721. The van der Waals surface area contributed by atoms with Crippen molar-refractivity contribution >= 4 is 23.4 Å². The Labute approximate surface area is 102 Å². The lowest BCUT2D eigenvalue weighted by Gasteiger charge is -2.00. The standard InChI is InChI=1S/C11H9ClN2OS/c12-8-1-3-10(4-2-8)16-6-9-5-11(15)14-7-13-9/h1-5,7H,6H2,(H,13,14,15). The summed E-state index contributed by atoms with van der Waals surface area (Å²) in [7, 11) is 0. The molecule has 0 amide bonds. The number of hydrogen-bond donors (Lipinski definition) is 1. The van der Waals surface area contributed by atoms with E-state index in [2.05, 4.69) is 9.97 Å². The van der Waals surface area contributed by atoms with E-state index in [9.17, 15) is 4.79 Å². The molecule has 0 atom stereocenters. The van der Waals surface area contributed by atoms with E-state index in [1.165, 1.54) is 12.4 Å². The number of benzene rings is 1. The van der Waals surface area contributed by atoms with Crippen LogP contribution in [-0.4, -0.2) is 9.97 Å². The van der Waals surface area contributed by atoms with E-state index in [4.69, 9.17) is 11.6 Å². The minimum Gasteiger partial charge on any atom is -0.313 e. The van der Waals surface area contributed by atoms with Crippen molar-refractivity contribution < 1.29 is 0 Å². The van der Waals surface area contributed by atoms with Crippen LogP contribution in [0.5, 0.6) is 0 Å². The molecule has 0 aliphatic heterocycles. The van der Waals surface area contributed by atoms with Gasteiger partial charge in [0.2, 0.25) is 0 Å². The van der Waals surface area contributed by atoms with Crippen molar-refractivity contribution in [3.05, 3.63) is 57.7 Å². The van der Waals surface area contributed by atoms with Crippen molar-refractivity contribution in [3.63, 3.8) is 0 Å². The monoisotopic (exact) mass is 252 g/mol. The van der Waals surface area contributed by atoms with Gasteiger partial charge in [-0.3, -0.25) is 4.79 Å². The summed E-state index contributed by atoms with van der Waals surface area (Å²) in [4.78, 5) is 18.7. The van der Waals surface area contributed by atoms with Crippen LogP contribution in [0.25, 0.3) is 0 Å². The molecule has 1 N–H and O–H groups in total. The first-order valence-corrected chi connectivity index (χ1v) is 6.02. The Morgan fingerprint density at radius 1 is 1.31 bits per heavy atom. The molecule has 0 fully saturated rings. The third-order valence-corrected chi connectivity index (χ3v) is 3.23. The van der Waals surface area contributed by atoms with Crippen LogP contribution in [0.1, 0.15) is 5.69 Å². The van der Waals surface area contributed by atoms with E-state index in [1.54, 1.807) is 11.8 Å². The molecule has 3 nitrogen and oxygen atoms in total. The molecule has 2 aromatic rings. The smallest absolute Gasteiger partial charge is 0.250 e. The minimum absolute atomic E-state index is 0.123. The van der Waals surface area contributed by atoms with Gasteiger partial charge < -0.3 is 4.98 Å². The third kappa shape index (κ3) is 3.12. The van der Waals surface area contributed by atoms with E-state index in [1.807, 2.05) is 24.3 Å². The van der Waals surface area contributed by atoms with Crippen LogP contribution in [0, 0.1) is 0 Å². The van der Waals surface area contributed by atoms with Gasteiger partial charge in [-0.15, -0.1) is 11.8 Å². The SMILES string of the molecule is O=c1cc(CSc2ccc(Cl)cc2)nc[nH]1. The van der Waals surface area contributed by atoms with Crippen molar-refractivity contribution in [3.8, 4) is 0 Å². The van der Waals surface area contributed by atoms with Crippen LogP contribution in [0.15, 0.2) is 46.3 Å².